The van der Waals surface area contributed by atoms with Crippen LogP contribution in [0.25, 0.3) is 10.9 Å². The van der Waals surface area contributed by atoms with Crippen LogP contribution in [0.5, 0.6) is 0 Å². The van der Waals surface area contributed by atoms with E-state index >= 15 is 0 Å². The Morgan fingerprint density at radius 1 is 1.38 bits per heavy atom. The first-order chi connectivity index (χ1) is 6.16. The Kier molecular flexibility index (Phi) is 1.81. The molecule has 3 nitrogen and oxygen atoms in total. The van der Waals surface area contributed by atoms with Crippen LogP contribution in [0.4, 0.5) is 5.95 Å². The van der Waals surface area contributed by atoms with Crippen molar-refractivity contribution in [2.45, 2.75) is 6.92 Å². The average molecular weight is 194 g/mol. The van der Waals surface area contributed by atoms with E-state index in [9.17, 15) is 0 Å². The fourth-order valence-electron chi connectivity index (χ4n) is 1.29. The summed E-state index contributed by atoms with van der Waals surface area (Å²) in [6, 6.07) is 3.68. The van der Waals surface area contributed by atoms with Gasteiger partial charge in [-0.25, -0.2) is 9.97 Å². The molecule has 0 radical (unpaired) electrons. The van der Waals surface area contributed by atoms with Gasteiger partial charge < -0.3 is 5.73 Å². The second kappa shape index (κ2) is 2.85. The Morgan fingerprint density at radius 3 is 2.92 bits per heavy atom. The van der Waals surface area contributed by atoms with Crippen LogP contribution >= 0.6 is 11.6 Å². The van der Waals surface area contributed by atoms with Gasteiger partial charge in [-0.15, -0.1) is 0 Å². The second-order valence-corrected chi connectivity index (χ2v) is 3.33. The molecule has 0 aliphatic carbocycles. The fraction of sp³-hybridized carbons (Fsp3) is 0.111. The highest BCUT2D eigenvalue weighted by Crippen LogP contribution is 2.21. The van der Waals surface area contributed by atoms with Crippen LogP contribution in [-0.4, -0.2) is 9.97 Å². The van der Waals surface area contributed by atoms with Crippen LogP contribution in [0, 0.1) is 6.92 Å². The summed E-state index contributed by atoms with van der Waals surface area (Å²) in [5, 5.41) is 1.61. The van der Waals surface area contributed by atoms with Crippen LogP contribution in [0.15, 0.2) is 18.3 Å². The Morgan fingerprint density at radius 2 is 2.15 bits per heavy atom. The molecule has 0 fully saturated rings. The molecule has 0 unspecified atom stereocenters. The van der Waals surface area contributed by atoms with Crippen LogP contribution in [0.1, 0.15) is 5.56 Å². The first kappa shape index (κ1) is 8.26. The zero-order chi connectivity index (χ0) is 9.42. The Bertz CT molecular complexity index is 468. The monoisotopic (exact) mass is 193 g/mol. The lowest BCUT2D eigenvalue weighted by molar-refractivity contribution is 1.23. The molecular weight excluding hydrogens is 186 g/mol. The molecule has 2 N–H and O–H groups in total. The number of hydrogen-bond acceptors (Lipinski definition) is 3. The molecule has 0 amide bonds. The SMILES string of the molecule is Cc1cc(Cl)cc2cnc(N)nc12. The van der Waals surface area contributed by atoms with E-state index < -0.39 is 0 Å². The molecule has 13 heavy (non-hydrogen) atoms. The quantitative estimate of drug-likeness (QED) is 0.698. The molecule has 2 rings (SSSR count). The zero-order valence-electron chi connectivity index (χ0n) is 7.08. The van der Waals surface area contributed by atoms with Crippen molar-refractivity contribution in [3.8, 4) is 0 Å². The van der Waals surface area contributed by atoms with Gasteiger partial charge in [0.2, 0.25) is 5.95 Å². The highest BCUT2D eigenvalue weighted by atomic mass is 35.5. The van der Waals surface area contributed by atoms with Crippen molar-refractivity contribution < 1.29 is 0 Å². The molecule has 0 bridgehead atoms. The van der Waals surface area contributed by atoms with Crippen LogP contribution in [0.3, 0.4) is 0 Å². The maximum atomic E-state index is 5.88. The minimum atomic E-state index is 0.290. The first-order valence-corrected chi connectivity index (χ1v) is 4.23. The standard InChI is InChI=1S/C9H8ClN3/c1-5-2-7(10)3-6-4-12-9(11)13-8(5)6/h2-4H,1H3,(H2,11,12,13). The van der Waals surface area contributed by atoms with Crippen molar-refractivity contribution in [1.82, 2.24) is 9.97 Å². The number of nitrogens with two attached hydrogens (primary N) is 1. The van der Waals surface area contributed by atoms with Gasteiger partial charge in [-0.1, -0.05) is 11.6 Å². The van der Waals surface area contributed by atoms with E-state index in [1.807, 2.05) is 19.1 Å². The predicted octanol–water partition coefficient (Wildman–Crippen LogP) is 2.17. The molecule has 2 aromatic rings. The van der Waals surface area contributed by atoms with E-state index in [0.29, 0.717) is 5.02 Å². The van der Waals surface area contributed by atoms with Crippen LogP contribution in [0.2, 0.25) is 5.02 Å². The van der Waals surface area contributed by atoms with Gasteiger partial charge in [-0.3, -0.25) is 0 Å². The summed E-state index contributed by atoms with van der Waals surface area (Å²) < 4.78 is 0. The summed E-state index contributed by atoms with van der Waals surface area (Å²) in [6.45, 7) is 1.95. The number of aryl methyl sites for hydroxylation is 1. The van der Waals surface area contributed by atoms with E-state index in [0.717, 1.165) is 16.5 Å². The van der Waals surface area contributed by atoms with E-state index in [1.54, 1.807) is 6.20 Å². The third-order valence-corrected chi connectivity index (χ3v) is 2.08. The van der Waals surface area contributed by atoms with Crippen molar-refractivity contribution >= 4 is 28.5 Å². The lowest BCUT2D eigenvalue weighted by Gasteiger charge is -2.01. The molecule has 0 aliphatic rings. The van der Waals surface area contributed by atoms with Gasteiger partial charge in [-0.05, 0) is 24.6 Å². The van der Waals surface area contributed by atoms with Crippen molar-refractivity contribution in [2.24, 2.45) is 0 Å². The molecule has 0 atom stereocenters. The number of benzene rings is 1. The molecule has 0 saturated heterocycles. The van der Waals surface area contributed by atoms with Gasteiger partial charge in [0.15, 0.2) is 0 Å². The Hall–Kier alpha value is -1.35. The maximum Gasteiger partial charge on any atom is 0.220 e. The number of aromatic nitrogens is 2. The molecule has 1 aromatic heterocycles. The first-order valence-electron chi connectivity index (χ1n) is 3.85. The van der Waals surface area contributed by atoms with Gasteiger partial charge >= 0.3 is 0 Å². The average Bonchev–Trinajstić information content (AvgIpc) is 2.06. The lowest BCUT2D eigenvalue weighted by Crippen LogP contribution is -1.95. The number of nitrogen functional groups attached to an aromatic ring is 1. The van der Waals surface area contributed by atoms with Gasteiger partial charge in [0.25, 0.3) is 0 Å². The van der Waals surface area contributed by atoms with Gasteiger partial charge in [0, 0.05) is 16.6 Å². The minimum Gasteiger partial charge on any atom is -0.368 e. The van der Waals surface area contributed by atoms with E-state index in [4.69, 9.17) is 17.3 Å². The second-order valence-electron chi connectivity index (χ2n) is 2.89. The molecule has 0 aliphatic heterocycles. The van der Waals surface area contributed by atoms with Crippen molar-refractivity contribution in [1.29, 1.82) is 0 Å². The number of anilines is 1. The zero-order valence-corrected chi connectivity index (χ0v) is 7.84. The third-order valence-electron chi connectivity index (χ3n) is 1.86. The molecule has 4 heteroatoms. The van der Waals surface area contributed by atoms with Gasteiger partial charge in [0.05, 0.1) is 5.52 Å². The summed E-state index contributed by atoms with van der Waals surface area (Å²) in [7, 11) is 0. The number of nitrogens with zero attached hydrogens (tertiary/aromatic N) is 2. The molecule has 1 aromatic carbocycles. The molecule has 0 saturated carbocycles. The van der Waals surface area contributed by atoms with Crippen LogP contribution < -0.4 is 5.73 Å². The number of hydrogen-bond donors (Lipinski definition) is 1. The summed E-state index contributed by atoms with van der Waals surface area (Å²) in [6.07, 6.45) is 1.68. The van der Waals surface area contributed by atoms with Gasteiger partial charge in [0.1, 0.15) is 0 Å². The third kappa shape index (κ3) is 1.42. The Labute approximate surface area is 80.6 Å². The van der Waals surface area contributed by atoms with Gasteiger partial charge in [-0.2, -0.15) is 0 Å². The summed E-state index contributed by atoms with van der Waals surface area (Å²) in [5.74, 6) is 0.290. The highest BCUT2D eigenvalue weighted by Gasteiger charge is 2.01. The highest BCUT2D eigenvalue weighted by molar-refractivity contribution is 6.31. The largest absolute Gasteiger partial charge is 0.368 e. The fourth-order valence-corrected chi connectivity index (χ4v) is 1.57. The van der Waals surface area contributed by atoms with Crippen molar-refractivity contribution in [2.75, 3.05) is 5.73 Å². The summed E-state index contributed by atoms with van der Waals surface area (Å²) >= 11 is 5.88. The van der Waals surface area contributed by atoms with E-state index in [-0.39, 0.29) is 5.95 Å². The number of halogens is 1. The van der Waals surface area contributed by atoms with E-state index in [2.05, 4.69) is 9.97 Å². The van der Waals surface area contributed by atoms with E-state index in [1.165, 1.54) is 0 Å². The number of fused-ring (bicyclic) bond motifs is 1. The number of rotatable bonds is 0. The molecule has 66 valence electrons. The maximum absolute atomic E-state index is 5.88. The van der Waals surface area contributed by atoms with Crippen molar-refractivity contribution in [3.05, 3.63) is 28.9 Å². The predicted molar refractivity (Wildman–Crippen MR) is 53.7 cm³/mol. The normalized spacial score (nSPS) is 10.6. The minimum absolute atomic E-state index is 0.290. The Balaban J connectivity index is 2.87. The molecule has 0 spiro atoms. The molecular formula is C9H8ClN3. The van der Waals surface area contributed by atoms with Crippen LogP contribution in [-0.2, 0) is 0 Å². The lowest BCUT2D eigenvalue weighted by atomic mass is 10.1. The topological polar surface area (TPSA) is 51.8 Å². The smallest absolute Gasteiger partial charge is 0.220 e. The molecule has 1 heterocycles. The van der Waals surface area contributed by atoms with Crippen molar-refractivity contribution in [3.63, 3.8) is 0 Å². The summed E-state index contributed by atoms with van der Waals surface area (Å²) in [4.78, 5) is 8.02. The summed E-state index contributed by atoms with van der Waals surface area (Å²) in [5.41, 5.74) is 7.34.